The Bertz CT molecular complexity index is 285. The van der Waals surface area contributed by atoms with E-state index in [1.54, 1.807) is 0 Å². The van der Waals surface area contributed by atoms with Crippen molar-refractivity contribution in [2.45, 2.75) is 37.4 Å². The molecule has 0 nitrogen and oxygen atoms in total. The Morgan fingerprint density at radius 1 is 1.06 bits per heavy atom. The summed E-state index contributed by atoms with van der Waals surface area (Å²) in [4.78, 5) is 0. The summed E-state index contributed by atoms with van der Waals surface area (Å²) in [5.41, 5.74) is 1.29. The highest BCUT2D eigenvalue weighted by molar-refractivity contribution is 7.99. The number of halogens is 2. The zero-order valence-corrected chi connectivity index (χ0v) is 10.4. The average molecular weight is 244 g/mol. The molecule has 90 valence electrons. The van der Waals surface area contributed by atoms with Crippen LogP contribution < -0.4 is 0 Å². The van der Waals surface area contributed by atoms with Gasteiger partial charge < -0.3 is 0 Å². The number of rotatable bonds is 7. The van der Waals surface area contributed by atoms with Crippen LogP contribution in [0.25, 0.3) is 0 Å². The quantitative estimate of drug-likeness (QED) is 0.624. The smallest absolute Gasteiger partial charge is 0.194 e. The highest BCUT2D eigenvalue weighted by Crippen LogP contribution is 2.32. The number of thioether (sulfide) groups is 1. The third kappa shape index (κ3) is 5.50. The van der Waals surface area contributed by atoms with E-state index in [0.29, 0.717) is 18.2 Å². The van der Waals surface area contributed by atoms with E-state index in [2.05, 4.69) is 12.1 Å². The van der Waals surface area contributed by atoms with Crippen LogP contribution >= 0.6 is 11.8 Å². The second-order valence-corrected chi connectivity index (χ2v) is 4.89. The van der Waals surface area contributed by atoms with Gasteiger partial charge in [0.05, 0.1) is 0 Å². The maximum atomic E-state index is 12.9. The number of hydrogen-bond acceptors (Lipinski definition) is 1. The summed E-state index contributed by atoms with van der Waals surface area (Å²) in [5, 5.41) is -2.53. The van der Waals surface area contributed by atoms with Crippen molar-refractivity contribution in [2.75, 3.05) is 6.26 Å². The van der Waals surface area contributed by atoms with Gasteiger partial charge >= 0.3 is 0 Å². The second kappa shape index (κ2) is 6.89. The zero-order valence-electron chi connectivity index (χ0n) is 9.59. The summed E-state index contributed by atoms with van der Waals surface area (Å²) in [7, 11) is 0. The van der Waals surface area contributed by atoms with Crippen LogP contribution in [-0.4, -0.2) is 11.5 Å². The molecule has 0 heterocycles. The molecule has 16 heavy (non-hydrogen) atoms. The molecule has 3 heteroatoms. The maximum Gasteiger partial charge on any atom is 0.293 e. The van der Waals surface area contributed by atoms with E-state index < -0.39 is 5.25 Å². The van der Waals surface area contributed by atoms with E-state index in [1.807, 2.05) is 18.2 Å². The van der Waals surface area contributed by atoms with Gasteiger partial charge in [-0.25, -0.2) is 0 Å². The van der Waals surface area contributed by atoms with Crippen molar-refractivity contribution < 1.29 is 8.78 Å². The van der Waals surface area contributed by atoms with Crippen molar-refractivity contribution in [3.63, 3.8) is 0 Å². The largest absolute Gasteiger partial charge is 0.293 e. The average Bonchev–Trinajstić information content (AvgIpc) is 2.30. The minimum absolute atomic E-state index is 0.00293. The fourth-order valence-electron chi connectivity index (χ4n) is 1.58. The molecular weight excluding hydrogens is 226 g/mol. The highest BCUT2D eigenvalue weighted by atomic mass is 32.2. The van der Waals surface area contributed by atoms with Gasteiger partial charge in [0.25, 0.3) is 5.25 Å². The first-order valence-corrected chi connectivity index (χ1v) is 6.83. The molecule has 0 saturated carbocycles. The number of unbranched alkanes of at least 4 members (excludes halogenated alkanes) is 2. The molecule has 0 aliphatic heterocycles. The Morgan fingerprint density at radius 2 is 1.75 bits per heavy atom. The molecule has 0 spiro atoms. The molecule has 1 rings (SSSR count). The molecule has 0 unspecified atom stereocenters. The van der Waals surface area contributed by atoms with Crippen LogP contribution in [0, 0.1) is 0 Å². The lowest BCUT2D eigenvalue weighted by Gasteiger charge is -2.12. The van der Waals surface area contributed by atoms with Gasteiger partial charge in [0, 0.05) is 6.42 Å². The van der Waals surface area contributed by atoms with Crippen molar-refractivity contribution >= 4 is 11.8 Å². The van der Waals surface area contributed by atoms with Crippen LogP contribution in [-0.2, 0) is 6.42 Å². The van der Waals surface area contributed by atoms with Gasteiger partial charge in [0.2, 0.25) is 0 Å². The molecule has 0 aromatic heterocycles. The van der Waals surface area contributed by atoms with Gasteiger partial charge in [-0.2, -0.15) is 8.78 Å². The lowest BCUT2D eigenvalue weighted by atomic mass is 10.1. The van der Waals surface area contributed by atoms with E-state index in [0.717, 1.165) is 19.3 Å². The number of hydrogen-bond donors (Lipinski definition) is 0. The lowest BCUT2D eigenvalue weighted by Crippen LogP contribution is -2.08. The molecule has 0 radical (unpaired) electrons. The van der Waals surface area contributed by atoms with Gasteiger partial charge in [0.15, 0.2) is 0 Å². The van der Waals surface area contributed by atoms with E-state index in [1.165, 1.54) is 11.8 Å². The minimum atomic E-state index is -2.53. The van der Waals surface area contributed by atoms with E-state index >= 15 is 0 Å². The highest BCUT2D eigenvalue weighted by Gasteiger charge is 2.25. The van der Waals surface area contributed by atoms with Crippen LogP contribution in [0.3, 0.4) is 0 Å². The SMILES string of the molecule is CSC(F)(F)CCCCCc1ccccc1. The molecule has 0 aliphatic carbocycles. The van der Waals surface area contributed by atoms with Gasteiger partial charge in [-0.05, 0) is 31.1 Å². The third-order valence-electron chi connectivity index (χ3n) is 2.57. The Kier molecular flexibility index (Phi) is 5.81. The Morgan fingerprint density at radius 3 is 2.38 bits per heavy atom. The molecule has 0 bridgehead atoms. The monoisotopic (exact) mass is 244 g/mol. The minimum Gasteiger partial charge on any atom is -0.194 e. The van der Waals surface area contributed by atoms with Gasteiger partial charge in [-0.3, -0.25) is 0 Å². The molecule has 0 N–H and O–H groups in total. The van der Waals surface area contributed by atoms with Crippen LogP contribution in [0.2, 0.25) is 0 Å². The second-order valence-electron chi connectivity index (χ2n) is 3.89. The normalized spacial score (nSPS) is 11.7. The topological polar surface area (TPSA) is 0 Å². The summed E-state index contributed by atoms with van der Waals surface area (Å²) >= 11 is 0.648. The molecular formula is C13H18F2S. The van der Waals surface area contributed by atoms with E-state index in [-0.39, 0.29) is 6.42 Å². The first kappa shape index (κ1) is 13.5. The van der Waals surface area contributed by atoms with E-state index in [4.69, 9.17) is 0 Å². The van der Waals surface area contributed by atoms with Crippen molar-refractivity contribution in [3.05, 3.63) is 35.9 Å². The van der Waals surface area contributed by atoms with Gasteiger partial charge in [0.1, 0.15) is 0 Å². The summed E-state index contributed by atoms with van der Waals surface area (Å²) in [5.74, 6) is 0. The fourth-order valence-corrected chi connectivity index (χ4v) is 1.93. The number of benzene rings is 1. The van der Waals surface area contributed by atoms with Gasteiger partial charge in [-0.1, -0.05) is 48.5 Å². The summed E-state index contributed by atoms with van der Waals surface area (Å²) in [6.07, 6.45) is 4.94. The summed E-state index contributed by atoms with van der Waals surface area (Å²) < 4.78 is 25.7. The standard InChI is InChI=1S/C13H18F2S/c1-16-13(14,15)11-7-3-6-10-12-8-4-2-5-9-12/h2,4-5,8-9H,3,6-7,10-11H2,1H3. The molecule has 0 amide bonds. The lowest BCUT2D eigenvalue weighted by molar-refractivity contribution is 0.0927. The third-order valence-corrected chi connectivity index (χ3v) is 3.38. The molecule has 0 fully saturated rings. The van der Waals surface area contributed by atoms with Crippen molar-refractivity contribution in [2.24, 2.45) is 0 Å². The molecule has 1 aromatic rings. The predicted molar refractivity (Wildman–Crippen MR) is 67.1 cm³/mol. The predicted octanol–water partition coefficient (Wildman–Crippen LogP) is 4.75. The number of alkyl halides is 2. The van der Waals surface area contributed by atoms with Gasteiger partial charge in [-0.15, -0.1) is 0 Å². The van der Waals surface area contributed by atoms with Crippen LogP contribution in [0.1, 0.15) is 31.2 Å². The van der Waals surface area contributed by atoms with Crippen LogP contribution in [0.5, 0.6) is 0 Å². The summed E-state index contributed by atoms with van der Waals surface area (Å²) in [6.45, 7) is 0. The van der Waals surface area contributed by atoms with E-state index in [9.17, 15) is 8.78 Å². The molecule has 0 aliphatic rings. The molecule has 0 saturated heterocycles. The first-order valence-electron chi connectivity index (χ1n) is 5.61. The van der Waals surface area contributed by atoms with Crippen molar-refractivity contribution in [1.82, 2.24) is 0 Å². The van der Waals surface area contributed by atoms with Crippen LogP contribution in [0.15, 0.2) is 30.3 Å². The summed E-state index contributed by atoms with van der Waals surface area (Å²) in [6, 6.07) is 10.2. The Hall–Kier alpha value is -0.570. The first-order chi connectivity index (χ1) is 7.64. The van der Waals surface area contributed by atoms with Crippen molar-refractivity contribution in [3.8, 4) is 0 Å². The molecule has 0 atom stereocenters. The Labute approximate surface area is 100 Å². The van der Waals surface area contributed by atoms with Crippen molar-refractivity contribution in [1.29, 1.82) is 0 Å². The maximum absolute atomic E-state index is 12.9. The fraction of sp³-hybridized carbons (Fsp3) is 0.538. The molecule has 1 aromatic carbocycles. The van der Waals surface area contributed by atoms with Crippen LogP contribution in [0.4, 0.5) is 8.78 Å². The zero-order chi connectivity index (χ0) is 11.9. The Balaban J connectivity index is 2.09. The number of aryl methyl sites for hydroxylation is 1.